The summed E-state index contributed by atoms with van der Waals surface area (Å²) in [5.74, 6) is 1.05. The number of rotatable bonds is 3. The van der Waals surface area contributed by atoms with Crippen LogP contribution in [-0.2, 0) is 6.54 Å². The number of nitrogens with one attached hydrogen (secondary N) is 1. The second-order valence-corrected chi connectivity index (χ2v) is 3.93. The van der Waals surface area contributed by atoms with Crippen molar-refractivity contribution in [2.24, 2.45) is 0 Å². The highest BCUT2D eigenvalue weighted by atomic mass is 32.1. The van der Waals surface area contributed by atoms with Gasteiger partial charge in [0.05, 0.1) is 12.2 Å². The van der Waals surface area contributed by atoms with Gasteiger partial charge in [-0.05, 0) is 12.1 Å². The van der Waals surface area contributed by atoms with Gasteiger partial charge in [0.15, 0.2) is 0 Å². The summed E-state index contributed by atoms with van der Waals surface area (Å²) in [6, 6.07) is 3.52. The SMILES string of the molecule is Nc1ccc(NCc2nccs2)nc1N. The monoisotopic (exact) mass is 221 g/mol. The molecule has 0 aromatic carbocycles. The normalized spacial score (nSPS) is 10.1. The molecule has 2 heterocycles. The van der Waals surface area contributed by atoms with Crippen molar-refractivity contribution in [3.05, 3.63) is 28.7 Å². The van der Waals surface area contributed by atoms with E-state index in [1.807, 2.05) is 5.38 Å². The highest BCUT2D eigenvalue weighted by Gasteiger charge is 1.99. The Balaban J connectivity index is 2.02. The molecule has 5 N–H and O–H groups in total. The van der Waals surface area contributed by atoms with Gasteiger partial charge in [-0.2, -0.15) is 0 Å². The summed E-state index contributed by atoms with van der Waals surface area (Å²) in [5, 5.41) is 6.06. The number of nitrogen functional groups attached to an aromatic ring is 2. The molecule has 0 bridgehead atoms. The van der Waals surface area contributed by atoms with Gasteiger partial charge in [-0.25, -0.2) is 9.97 Å². The second-order valence-electron chi connectivity index (χ2n) is 2.95. The van der Waals surface area contributed by atoms with Crippen LogP contribution >= 0.6 is 11.3 Å². The first-order valence-electron chi connectivity index (χ1n) is 4.40. The molecule has 6 heteroatoms. The molecule has 0 aliphatic carbocycles. The molecule has 78 valence electrons. The summed E-state index contributed by atoms with van der Waals surface area (Å²) in [5.41, 5.74) is 11.6. The van der Waals surface area contributed by atoms with Crippen LogP contribution in [0.15, 0.2) is 23.7 Å². The molecule has 2 rings (SSSR count). The van der Waals surface area contributed by atoms with Gasteiger partial charge < -0.3 is 16.8 Å². The predicted octanol–water partition coefficient (Wildman–Crippen LogP) is 1.31. The number of nitrogens with two attached hydrogens (primary N) is 2. The van der Waals surface area contributed by atoms with E-state index in [9.17, 15) is 0 Å². The van der Waals surface area contributed by atoms with Crippen LogP contribution in [0.1, 0.15) is 5.01 Å². The summed E-state index contributed by atoms with van der Waals surface area (Å²) in [6.07, 6.45) is 1.77. The predicted molar refractivity (Wildman–Crippen MR) is 62.5 cm³/mol. The van der Waals surface area contributed by atoms with Crippen molar-refractivity contribution in [2.75, 3.05) is 16.8 Å². The van der Waals surface area contributed by atoms with E-state index in [0.29, 0.717) is 23.9 Å². The third-order valence-corrected chi connectivity index (χ3v) is 2.64. The topological polar surface area (TPSA) is 89.8 Å². The van der Waals surface area contributed by atoms with E-state index >= 15 is 0 Å². The Bertz CT molecular complexity index is 440. The van der Waals surface area contributed by atoms with Gasteiger partial charge >= 0.3 is 0 Å². The molecule has 0 aliphatic rings. The molecule has 0 atom stereocenters. The van der Waals surface area contributed by atoms with Gasteiger partial charge in [-0.15, -0.1) is 11.3 Å². The number of aromatic nitrogens is 2. The van der Waals surface area contributed by atoms with Crippen molar-refractivity contribution < 1.29 is 0 Å². The van der Waals surface area contributed by atoms with Gasteiger partial charge in [-0.1, -0.05) is 0 Å². The first-order valence-corrected chi connectivity index (χ1v) is 5.28. The zero-order chi connectivity index (χ0) is 10.7. The van der Waals surface area contributed by atoms with Crippen LogP contribution < -0.4 is 16.8 Å². The Labute approximate surface area is 91.2 Å². The maximum absolute atomic E-state index is 5.58. The van der Waals surface area contributed by atoms with E-state index in [1.165, 1.54) is 0 Å². The van der Waals surface area contributed by atoms with Crippen LogP contribution in [0.25, 0.3) is 0 Å². The lowest BCUT2D eigenvalue weighted by Gasteiger charge is -2.05. The molecule has 0 saturated carbocycles. The van der Waals surface area contributed by atoms with Gasteiger partial charge in [0.2, 0.25) is 0 Å². The van der Waals surface area contributed by atoms with Crippen LogP contribution in [0, 0.1) is 0 Å². The molecular weight excluding hydrogens is 210 g/mol. The fourth-order valence-electron chi connectivity index (χ4n) is 1.09. The van der Waals surface area contributed by atoms with Gasteiger partial charge in [-0.3, -0.25) is 0 Å². The molecular formula is C9H11N5S. The van der Waals surface area contributed by atoms with Gasteiger partial charge in [0, 0.05) is 11.6 Å². The lowest BCUT2D eigenvalue weighted by molar-refractivity contribution is 1.08. The van der Waals surface area contributed by atoms with Gasteiger partial charge in [0.25, 0.3) is 0 Å². The third kappa shape index (κ3) is 2.35. The number of anilines is 3. The van der Waals surface area contributed by atoms with Crippen LogP contribution in [0.3, 0.4) is 0 Å². The Morgan fingerprint density at radius 3 is 2.87 bits per heavy atom. The van der Waals surface area contributed by atoms with E-state index in [1.54, 1.807) is 29.7 Å². The fraction of sp³-hybridized carbons (Fsp3) is 0.111. The number of nitrogens with zero attached hydrogens (tertiary/aromatic N) is 2. The molecule has 0 amide bonds. The van der Waals surface area contributed by atoms with E-state index < -0.39 is 0 Å². The minimum absolute atomic E-state index is 0.346. The highest BCUT2D eigenvalue weighted by molar-refractivity contribution is 7.09. The maximum Gasteiger partial charge on any atom is 0.149 e. The summed E-state index contributed by atoms with van der Waals surface area (Å²) >= 11 is 1.59. The van der Waals surface area contributed by atoms with Crippen LogP contribution in [0.4, 0.5) is 17.3 Å². The largest absolute Gasteiger partial charge is 0.396 e. The molecule has 0 fully saturated rings. The summed E-state index contributed by atoms with van der Waals surface area (Å²) in [6.45, 7) is 0.647. The van der Waals surface area contributed by atoms with Crippen LogP contribution in [0.5, 0.6) is 0 Å². The van der Waals surface area contributed by atoms with Crippen LogP contribution in [-0.4, -0.2) is 9.97 Å². The van der Waals surface area contributed by atoms with Crippen molar-refractivity contribution in [1.82, 2.24) is 9.97 Å². The first kappa shape index (κ1) is 9.72. The number of pyridine rings is 1. The standard InChI is InChI=1S/C9H11N5S/c10-6-1-2-7(14-9(6)11)13-5-8-12-3-4-15-8/h1-4H,5,10H2,(H3,11,13,14). The fourth-order valence-corrected chi connectivity index (χ4v) is 1.65. The Kier molecular flexibility index (Phi) is 2.68. The second kappa shape index (κ2) is 4.14. The molecule has 2 aromatic heterocycles. The lowest BCUT2D eigenvalue weighted by Crippen LogP contribution is -2.04. The summed E-state index contributed by atoms with van der Waals surface area (Å²) in [4.78, 5) is 8.23. The van der Waals surface area contributed by atoms with Crippen molar-refractivity contribution in [1.29, 1.82) is 0 Å². The average molecular weight is 221 g/mol. The number of hydrogen-bond acceptors (Lipinski definition) is 6. The Morgan fingerprint density at radius 2 is 2.20 bits per heavy atom. The van der Waals surface area contributed by atoms with Crippen molar-refractivity contribution in [3.8, 4) is 0 Å². The minimum Gasteiger partial charge on any atom is -0.396 e. The smallest absolute Gasteiger partial charge is 0.149 e. The first-order chi connectivity index (χ1) is 7.25. The average Bonchev–Trinajstić information content (AvgIpc) is 2.73. The Hall–Kier alpha value is -1.82. The van der Waals surface area contributed by atoms with Crippen molar-refractivity contribution in [3.63, 3.8) is 0 Å². The van der Waals surface area contributed by atoms with E-state index in [0.717, 1.165) is 5.01 Å². The Morgan fingerprint density at radius 1 is 1.33 bits per heavy atom. The van der Waals surface area contributed by atoms with E-state index in [4.69, 9.17) is 11.5 Å². The zero-order valence-electron chi connectivity index (χ0n) is 7.97. The quantitative estimate of drug-likeness (QED) is 0.727. The lowest BCUT2D eigenvalue weighted by atomic mass is 10.4. The molecule has 15 heavy (non-hydrogen) atoms. The molecule has 0 saturated heterocycles. The van der Waals surface area contributed by atoms with Crippen LogP contribution in [0.2, 0.25) is 0 Å². The summed E-state index contributed by atoms with van der Waals surface area (Å²) < 4.78 is 0. The molecule has 5 nitrogen and oxygen atoms in total. The van der Waals surface area contributed by atoms with Gasteiger partial charge in [0.1, 0.15) is 16.6 Å². The maximum atomic E-state index is 5.58. The molecule has 0 spiro atoms. The van der Waals surface area contributed by atoms with Crippen molar-refractivity contribution >= 4 is 28.7 Å². The van der Waals surface area contributed by atoms with E-state index in [-0.39, 0.29) is 0 Å². The molecule has 2 aromatic rings. The highest BCUT2D eigenvalue weighted by Crippen LogP contribution is 2.15. The summed E-state index contributed by atoms with van der Waals surface area (Å²) in [7, 11) is 0. The minimum atomic E-state index is 0.346. The number of hydrogen-bond donors (Lipinski definition) is 3. The molecule has 0 unspecified atom stereocenters. The number of thiazole rings is 1. The van der Waals surface area contributed by atoms with E-state index in [2.05, 4.69) is 15.3 Å². The molecule has 0 aliphatic heterocycles. The molecule has 0 radical (unpaired) electrons. The van der Waals surface area contributed by atoms with Crippen molar-refractivity contribution in [2.45, 2.75) is 6.54 Å². The third-order valence-electron chi connectivity index (χ3n) is 1.86. The zero-order valence-corrected chi connectivity index (χ0v) is 8.79.